The molecule has 0 saturated heterocycles. The molecule has 4 heterocycles. The van der Waals surface area contributed by atoms with Gasteiger partial charge in [-0.25, -0.2) is 14.6 Å². The van der Waals surface area contributed by atoms with Gasteiger partial charge in [0.25, 0.3) is 5.56 Å². The number of rotatable bonds is 2. The number of aromatic nitrogens is 6. The molecule has 4 aromatic rings. The van der Waals surface area contributed by atoms with Crippen molar-refractivity contribution in [1.82, 2.24) is 28.9 Å². The zero-order valence-corrected chi connectivity index (χ0v) is 18.9. The second-order valence-electron chi connectivity index (χ2n) is 7.17. The average molecular weight is 528 g/mol. The number of alkyl halides is 3. The maximum absolute atomic E-state index is 13.1. The Morgan fingerprint density at radius 1 is 1.22 bits per heavy atom. The first-order valence-corrected chi connectivity index (χ1v) is 10.0. The van der Waals surface area contributed by atoms with Crippen LogP contribution in [0.5, 0.6) is 0 Å². The summed E-state index contributed by atoms with van der Waals surface area (Å²) in [4.78, 5) is 21.3. The van der Waals surface area contributed by atoms with Gasteiger partial charge in [0.15, 0.2) is 11.6 Å². The number of nitrogens with zero attached hydrogens (tertiary/aromatic N) is 6. The van der Waals surface area contributed by atoms with Crippen LogP contribution in [0.1, 0.15) is 22.8 Å². The summed E-state index contributed by atoms with van der Waals surface area (Å²) in [6.07, 6.45) is -1.68. The maximum Gasteiger partial charge on any atom is 0.421 e. The molecule has 3 aromatic heterocycles. The molecule has 0 bridgehead atoms. The Hall–Kier alpha value is -2.92. The van der Waals surface area contributed by atoms with Crippen molar-refractivity contribution in [3.05, 3.63) is 80.5 Å². The highest BCUT2D eigenvalue weighted by molar-refractivity contribution is 9.10. The predicted molar refractivity (Wildman–Crippen MR) is 116 cm³/mol. The van der Waals surface area contributed by atoms with Gasteiger partial charge in [0, 0.05) is 16.2 Å². The predicted octanol–water partition coefficient (Wildman–Crippen LogP) is 4.21. The molecule has 0 aliphatic carbocycles. The molecular formula is C20H15BrClF3N6O. The van der Waals surface area contributed by atoms with Gasteiger partial charge in [0.1, 0.15) is 5.56 Å². The molecule has 12 heteroatoms. The van der Waals surface area contributed by atoms with Crippen LogP contribution in [0.15, 0.2) is 52.1 Å². The summed E-state index contributed by atoms with van der Waals surface area (Å²) in [5.41, 5.74) is 1.08. The van der Waals surface area contributed by atoms with Crippen molar-refractivity contribution in [2.75, 3.05) is 0 Å². The molecule has 5 rings (SSSR count). The Balaban J connectivity index is 0.00000245. The Labute approximate surface area is 194 Å². The zero-order valence-electron chi connectivity index (χ0n) is 16.5. The van der Waals surface area contributed by atoms with E-state index in [0.29, 0.717) is 12.4 Å². The Morgan fingerprint density at radius 3 is 2.75 bits per heavy atom. The molecule has 1 aliphatic rings. The van der Waals surface area contributed by atoms with Crippen LogP contribution in [0.4, 0.5) is 13.2 Å². The minimum atomic E-state index is -4.72. The van der Waals surface area contributed by atoms with Gasteiger partial charge >= 0.3 is 6.18 Å². The lowest BCUT2D eigenvalue weighted by Crippen LogP contribution is -2.28. The SMILES string of the molecule is Cc1ncn2c1Cn1nc(Cn3cccc(C(F)(F)F)c3=O)nc1-c1cc(Br)ccc1-2.Cl. The third-order valence-electron chi connectivity index (χ3n) is 5.19. The maximum atomic E-state index is 13.1. The smallest absolute Gasteiger partial charge is 0.307 e. The third kappa shape index (κ3) is 3.65. The molecule has 7 nitrogen and oxygen atoms in total. The van der Waals surface area contributed by atoms with Crippen LogP contribution >= 0.6 is 28.3 Å². The molecule has 0 saturated carbocycles. The number of hydrogen-bond donors (Lipinski definition) is 0. The van der Waals surface area contributed by atoms with Crippen molar-refractivity contribution in [2.45, 2.75) is 26.2 Å². The number of imidazole rings is 1. The van der Waals surface area contributed by atoms with E-state index in [2.05, 4.69) is 31.0 Å². The van der Waals surface area contributed by atoms with Gasteiger partial charge < -0.3 is 9.13 Å². The molecule has 0 N–H and O–H groups in total. The lowest BCUT2D eigenvalue weighted by molar-refractivity contribution is -0.138. The summed E-state index contributed by atoms with van der Waals surface area (Å²) in [6, 6.07) is 7.71. The minimum absolute atomic E-state index is 0. The van der Waals surface area contributed by atoms with E-state index in [0.717, 1.165) is 37.7 Å². The fourth-order valence-electron chi connectivity index (χ4n) is 3.70. The molecule has 0 atom stereocenters. The number of halogens is 5. The normalized spacial score (nSPS) is 12.4. The minimum Gasteiger partial charge on any atom is -0.307 e. The van der Waals surface area contributed by atoms with Gasteiger partial charge in [-0.05, 0) is 37.3 Å². The summed E-state index contributed by atoms with van der Waals surface area (Å²) in [7, 11) is 0. The van der Waals surface area contributed by atoms with Crippen LogP contribution in [0.2, 0.25) is 0 Å². The van der Waals surface area contributed by atoms with Gasteiger partial charge in [0.05, 0.1) is 36.5 Å². The standard InChI is InChI=1S/C20H14BrF3N6O.ClH/c1-11-16-8-30-18(13-7-12(21)4-5-15(13)29(16)10-25-11)26-17(27-30)9-28-6-2-3-14(19(28)31)20(22,23)24;/h2-7,10H,8-9H2,1H3;1H. The van der Waals surface area contributed by atoms with Crippen LogP contribution in [0.3, 0.4) is 0 Å². The molecule has 1 aromatic carbocycles. The molecule has 0 spiro atoms. The van der Waals surface area contributed by atoms with E-state index in [1.54, 1.807) is 11.0 Å². The van der Waals surface area contributed by atoms with Crippen LogP contribution in [0, 0.1) is 6.92 Å². The quantitative estimate of drug-likeness (QED) is 0.345. The average Bonchev–Trinajstić information content (AvgIpc) is 3.23. The van der Waals surface area contributed by atoms with Crippen LogP contribution in [-0.2, 0) is 19.3 Å². The summed E-state index contributed by atoms with van der Waals surface area (Å²) in [6.45, 7) is 2.11. The highest BCUT2D eigenvalue weighted by Crippen LogP contribution is 2.33. The molecule has 0 radical (unpaired) electrons. The highest BCUT2D eigenvalue weighted by Gasteiger charge is 2.34. The van der Waals surface area contributed by atoms with Crippen molar-refractivity contribution in [1.29, 1.82) is 0 Å². The van der Waals surface area contributed by atoms with Gasteiger partial charge in [-0.1, -0.05) is 15.9 Å². The number of benzene rings is 1. The van der Waals surface area contributed by atoms with E-state index in [-0.39, 0.29) is 24.8 Å². The zero-order chi connectivity index (χ0) is 21.9. The van der Waals surface area contributed by atoms with E-state index in [4.69, 9.17) is 0 Å². The summed E-state index contributed by atoms with van der Waals surface area (Å²) in [5, 5.41) is 4.50. The summed E-state index contributed by atoms with van der Waals surface area (Å²) < 4.78 is 44.7. The fraction of sp³-hybridized carbons (Fsp3) is 0.200. The van der Waals surface area contributed by atoms with E-state index >= 15 is 0 Å². The van der Waals surface area contributed by atoms with E-state index < -0.39 is 17.3 Å². The number of pyridine rings is 1. The molecule has 0 amide bonds. The first-order chi connectivity index (χ1) is 14.7. The van der Waals surface area contributed by atoms with E-state index in [1.165, 1.54) is 12.3 Å². The van der Waals surface area contributed by atoms with Gasteiger partial charge in [-0.15, -0.1) is 12.4 Å². The van der Waals surface area contributed by atoms with Crippen molar-refractivity contribution < 1.29 is 13.2 Å². The second-order valence-corrected chi connectivity index (χ2v) is 8.09. The van der Waals surface area contributed by atoms with Gasteiger partial charge in [-0.2, -0.15) is 18.3 Å². The van der Waals surface area contributed by atoms with Crippen LogP contribution in [0.25, 0.3) is 17.1 Å². The second kappa shape index (κ2) is 7.89. The lowest BCUT2D eigenvalue weighted by Gasteiger charge is -2.09. The van der Waals surface area contributed by atoms with E-state index in [1.807, 2.05) is 29.7 Å². The Morgan fingerprint density at radius 2 is 2.00 bits per heavy atom. The lowest BCUT2D eigenvalue weighted by atomic mass is 10.1. The molecule has 0 unspecified atom stereocenters. The monoisotopic (exact) mass is 526 g/mol. The van der Waals surface area contributed by atoms with Crippen LogP contribution < -0.4 is 5.56 Å². The van der Waals surface area contributed by atoms with Crippen LogP contribution in [-0.4, -0.2) is 28.9 Å². The number of fused-ring (bicyclic) bond motifs is 5. The first kappa shape index (κ1) is 22.3. The summed E-state index contributed by atoms with van der Waals surface area (Å²) in [5.74, 6) is 0.808. The van der Waals surface area contributed by atoms with Crippen molar-refractivity contribution in [2.24, 2.45) is 0 Å². The molecule has 166 valence electrons. The first-order valence-electron chi connectivity index (χ1n) is 9.26. The molecule has 32 heavy (non-hydrogen) atoms. The van der Waals surface area contributed by atoms with Crippen molar-refractivity contribution in [3.63, 3.8) is 0 Å². The van der Waals surface area contributed by atoms with E-state index in [9.17, 15) is 18.0 Å². The van der Waals surface area contributed by atoms with Crippen molar-refractivity contribution in [3.8, 4) is 17.1 Å². The fourth-order valence-corrected chi connectivity index (χ4v) is 4.06. The van der Waals surface area contributed by atoms with Crippen molar-refractivity contribution >= 4 is 28.3 Å². The molecular weight excluding hydrogens is 513 g/mol. The third-order valence-corrected chi connectivity index (χ3v) is 5.68. The van der Waals surface area contributed by atoms with Gasteiger partial charge in [0.2, 0.25) is 0 Å². The Kier molecular flexibility index (Phi) is 5.49. The largest absolute Gasteiger partial charge is 0.421 e. The topological polar surface area (TPSA) is 70.5 Å². The number of hydrogen-bond acceptors (Lipinski definition) is 4. The summed E-state index contributed by atoms with van der Waals surface area (Å²) >= 11 is 3.48. The van der Waals surface area contributed by atoms with Gasteiger partial charge in [-0.3, -0.25) is 4.79 Å². The Bertz CT molecular complexity index is 1390. The molecule has 1 aliphatic heterocycles. The molecule has 0 fully saturated rings. The highest BCUT2D eigenvalue weighted by atomic mass is 79.9. The number of aryl methyl sites for hydroxylation is 1.